The number of hydrogen-bond acceptors (Lipinski definition) is 5. The van der Waals surface area contributed by atoms with Crippen molar-refractivity contribution in [3.05, 3.63) is 80.6 Å². The summed E-state index contributed by atoms with van der Waals surface area (Å²) >= 11 is 6.37. The summed E-state index contributed by atoms with van der Waals surface area (Å²) in [6.07, 6.45) is 0. The van der Waals surface area contributed by atoms with E-state index in [1.165, 1.54) is 23.1 Å². The highest BCUT2D eigenvalue weighted by atomic mass is 79.9. The summed E-state index contributed by atoms with van der Waals surface area (Å²) in [6, 6.07) is 17.5. The highest BCUT2D eigenvalue weighted by Gasteiger charge is 2.15. The number of imidazole rings is 1. The van der Waals surface area contributed by atoms with E-state index < -0.39 is 0 Å². The first kappa shape index (κ1) is 17.7. The molecule has 28 heavy (non-hydrogen) atoms. The van der Waals surface area contributed by atoms with Crippen LogP contribution in [0.2, 0.25) is 0 Å². The van der Waals surface area contributed by atoms with Crippen molar-refractivity contribution in [2.45, 2.75) is 10.9 Å². The van der Waals surface area contributed by atoms with E-state index in [0.29, 0.717) is 15.6 Å². The lowest BCUT2D eigenvalue weighted by molar-refractivity contribution is 0.821. The van der Waals surface area contributed by atoms with Gasteiger partial charge in [-0.25, -0.2) is 9.97 Å². The van der Waals surface area contributed by atoms with Crippen LogP contribution in [-0.4, -0.2) is 19.5 Å². The van der Waals surface area contributed by atoms with E-state index >= 15 is 0 Å². The first-order valence-electron chi connectivity index (χ1n) is 8.52. The Morgan fingerprint density at radius 1 is 1.04 bits per heavy atom. The molecule has 3 heterocycles. The SMILES string of the molecule is O=c1c2sccc2nc(SCc2nc3ccccc3[nH]2)n1-c1ccc(Br)cc1. The molecule has 0 unspecified atom stereocenters. The van der Waals surface area contributed by atoms with Gasteiger partial charge in [0.15, 0.2) is 5.16 Å². The summed E-state index contributed by atoms with van der Waals surface area (Å²) in [5, 5.41) is 2.55. The Hall–Kier alpha value is -2.42. The number of para-hydroxylation sites is 2. The molecule has 5 aromatic rings. The number of rotatable bonds is 4. The van der Waals surface area contributed by atoms with Gasteiger partial charge in [0, 0.05) is 4.47 Å². The number of halogens is 1. The molecule has 138 valence electrons. The number of aromatic nitrogens is 4. The van der Waals surface area contributed by atoms with Crippen LogP contribution in [0.4, 0.5) is 0 Å². The highest BCUT2D eigenvalue weighted by Crippen LogP contribution is 2.26. The first-order chi connectivity index (χ1) is 13.7. The first-order valence-corrected chi connectivity index (χ1v) is 11.2. The summed E-state index contributed by atoms with van der Waals surface area (Å²) in [4.78, 5) is 25.8. The minimum Gasteiger partial charge on any atom is -0.341 e. The van der Waals surface area contributed by atoms with Crippen LogP contribution in [0.3, 0.4) is 0 Å². The number of nitrogens with one attached hydrogen (secondary N) is 1. The molecular formula is C20H13BrN4OS2. The van der Waals surface area contributed by atoms with Crippen LogP contribution in [0.5, 0.6) is 0 Å². The molecule has 0 spiro atoms. The fourth-order valence-electron chi connectivity index (χ4n) is 3.01. The van der Waals surface area contributed by atoms with Gasteiger partial charge in [0.05, 0.1) is 28.0 Å². The Balaban J connectivity index is 1.58. The summed E-state index contributed by atoms with van der Waals surface area (Å²) in [5.41, 5.74) is 3.42. The van der Waals surface area contributed by atoms with Gasteiger partial charge in [-0.1, -0.05) is 39.8 Å². The van der Waals surface area contributed by atoms with Crippen LogP contribution in [0.15, 0.2) is 74.4 Å². The maximum absolute atomic E-state index is 13.1. The van der Waals surface area contributed by atoms with Gasteiger partial charge in [0.25, 0.3) is 5.56 Å². The zero-order valence-electron chi connectivity index (χ0n) is 14.4. The van der Waals surface area contributed by atoms with Crippen molar-refractivity contribution in [3.8, 4) is 5.69 Å². The average Bonchev–Trinajstić information content (AvgIpc) is 3.34. The maximum Gasteiger partial charge on any atom is 0.276 e. The maximum atomic E-state index is 13.1. The van der Waals surface area contributed by atoms with Crippen LogP contribution in [0, 0.1) is 0 Å². The lowest BCUT2D eigenvalue weighted by atomic mass is 10.3. The van der Waals surface area contributed by atoms with Gasteiger partial charge in [0.1, 0.15) is 10.5 Å². The molecule has 0 amide bonds. The third kappa shape index (κ3) is 3.17. The van der Waals surface area contributed by atoms with E-state index in [9.17, 15) is 4.79 Å². The Kier molecular flexibility index (Phi) is 4.54. The van der Waals surface area contributed by atoms with Crippen LogP contribution < -0.4 is 5.56 Å². The molecular weight excluding hydrogens is 456 g/mol. The fraction of sp³-hybridized carbons (Fsp3) is 0.0500. The minimum absolute atomic E-state index is 0.0468. The van der Waals surface area contributed by atoms with E-state index in [-0.39, 0.29) is 5.56 Å². The number of H-pyrrole nitrogens is 1. The Morgan fingerprint density at radius 2 is 1.86 bits per heavy atom. The van der Waals surface area contributed by atoms with Crippen molar-refractivity contribution in [2.75, 3.05) is 0 Å². The summed E-state index contributed by atoms with van der Waals surface area (Å²) in [7, 11) is 0. The van der Waals surface area contributed by atoms with Gasteiger partial charge in [-0.15, -0.1) is 11.3 Å². The van der Waals surface area contributed by atoms with Crippen molar-refractivity contribution in [1.82, 2.24) is 19.5 Å². The standard InChI is InChI=1S/C20H13BrN4OS2/c21-12-5-7-13(8-6-12)25-19(26)18-16(9-10-27-18)24-20(25)28-11-17-22-14-3-1-2-4-15(14)23-17/h1-10H,11H2,(H,22,23). The number of fused-ring (bicyclic) bond motifs is 2. The molecule has 0 fully saturated rings. The number of thioether (sulfide) groups is 1. The highest BCUT2D eigenvalue weighted by molar-refractivity contribution is 9.10. The van der Waals surface area contributed by atoms with Crippen LogP contribution in [0.25, 0.3) is 26.9 Å². The Bertz CT molecular complexity index is 1320. The molecule has 0 aliphatic heterocycles. The summed E-state index contributed by atoms with van der Waals surface area (Å²) in [6.45, 7) is 0. The molecule has 0 saturated carbocycles. The quantitative estimate of drug-likeness (QED) is 0.284. The van der Waals surface area contributed by atoms with Gasteiger partial charge in [-0.2, -0.15) is 0 Å². The Morgan fingerprint density at radius 3 is 2.68 bits per heavy atom. The predicted molar refractivity (Wildman–Crippen MR) is 119 cm³/mol. The monoisotopic (exact) mass is 468 g/mol. The molecule has 3 aromatic heterocycles. The third-order valence-electron chi connectivity index (χ3n) is 4.31. The fourth-order valence-corrected chi connectivity index (χ4v) is 4.92. The second-order valence-corrected chi connectivity index (χ2v) is 8.91. The molecule has 0 aliphatic rings. The van der Waals surface area contributed by atoms with E-state index in [2.05, 4.69) is 25.9 Å². The third-order valence-corrected chi connectivity index (χ3v) is 6.68. The molecule has 5 rings (SSSR count). The largest absolute Gasteiger partial charge is 0.341 e. The van der Waals surface area contributed by atoms with Gasteiger partial charge in [0.2, 0.25) is 0 Å². The molecule has 0 radical (unpaired) electrons. The molecule has 8 heteroatoms. The molecule has 0 atom stereocenters. The van der Waals surface area contributed by atoms with Crippen LogP contribution >= 0.6 is 39.0 Å². The van der Waals surface area contributed by atoms with E-state index in [1.54, 1.807) is 4.57 Å². The molecule has 2 aromatic carbocycles. The molecule has 0 saturated heterocycles. The average molecular weight is 469 g/mol. The van der Waals surface area contributed by atoms with Gasteiger partial charge < -0.3 is 4.98 Å². The van der Waals surface area contributed by atoms with Crippen molar-refractivity contribution < 1.29 is 0 Å². The van der Waals surface area contributed by atoms with Crippen LogP contribution in [0.1, 0.15) is 5.82 Å². The number of nitrogens with zero attached hydrogens (tertiary/aromatic N) is 3. The van der Waals surface area contributed by atoms with Crippen molar-refractivity contribution >= 4 is 60.3 Å². The number of benzene rings is 2. The smallest absolute Gasteiger partial charge is 0.276 e. The van der Waals surface area contributed by atoms with Crippen molar-refractivity contribution in [3.63, 3.8) is 0 Å². The second kappa shape index (κ2) is 7.20. The topological polar surface area (TPSA) is 63.6 Å². The lowest BCUT2D eigenvalue weighted by Crippen LogP contribution is -2.20. The second-order valence-electron chi connectivity index (χ2n) is 6.14. The minimum atomic E-state index is -0.0468. The summed E-state index contributed by atoms with van der Waals surface area (Å²) < 4.78 is 3.31. The lowest BCUT2D eigenvalue weighted by Gasteiger charge is -2.11. The molecule has 0 aliphatic carbocycles. The zero-order valence-corrected chi connectivity index (χ0v) is 17.6. The Labute approximate surface area is 176 Å². The molecule has 0 bridgehead atoms. The predicted octanol–water partition coefficient (Wildman–Crippen LogP) is 5.38. The van der Waals surface area contributed by atoms with E-state index in [1.807, 2.05) is 60.0 Å². The van der Waals surface area contributed by atoms with E-state index in [0.717, 1.165) is 32.5 Å². The summed E-state index contributed by atoms with van der Waals surface area (Å²) in [5.74, 6) is 1.45. The normalized spacial score (nSPS) is 11.5. The van der Waals surface area contributed by atoms with Crippen LogP contribution in [-0.2, 0) is 5.75 Å². The number of aromatic amines is 1. The van der Waals surface area contributed by atoms with Gasteiger partial charge in [-0.05, 0) is 47.8 Å². The van der Waals surface area contributed by atoms with Crippen molar-refractivity contribution in [2.24, 2.45) is 0 Å². The van der Waals surface area contributed by atoms with E-state index in [4.69, 9.17) is 4.98 Å². The number of hydrogen-bond donors (Lipinski definition) is 1. The number of thiophene rings is 1. The van der Waals surface area contributed by atoms with Gasteiger partial charge >= 0.3 is 0 Å². The van der Waals surface area contributed by atoms with Gasteiger partial charge in [-0.3, -0.25) is 9.36 Å². The van der Waals surface area contributed by atoms with Crippen molar-refractivity contribution in [1.29, 1.82) is 0 Å². The molecule has 1 N–H and O–H groups in total. The zero-order chi connectivity index (χ0) is 19.1. The molecule has 5 nitrogen and oxygen atoms in total.